The van der Waals surface area contributed by atoms with Crippen molar-refractivity contribution in [3.8, 4) is 0 Å². The topological polar surface area (TPSA) is 27.6 Å². The Morgan fingerprint density at radius 3 is 2.48 bits per heavy atom. The molecule has 132 valence electrons. The molecule has 1 atom stereocenters. The monoisotopic (exact) mass is 375 g/mol. The van der Waals surface area contributed by atoms with Gasteiger partial charge in [-0.05, 0) is 50.0 Å². The highest BCUT2D eigenvalue weighted by Gasteiger charge is 2.10. The zero-order chi connectivity index (χ0) is 18.2. The normalized spacial score (nSPS) is 13.4. The highest BCUT2D eigenvalue weighted by molar-refractivity contribution is 6.42. The number of benzene rings is 2. The molecule has 2 aromatic rings. The molecular formula is C20H23Cl2N3. The number of nitrogens with one attached hydrogen (secondary N) is 1. The molecule has 2 aromatic carbocycles. The first-order chi connectivity index (χ1) is 12.0. The van der Waals surface area contributed by atoms with Gasteiger partial charge in [-0.2, -0.15) is 5.10 Å². The van der Waals surface area contributed by atoms with Crippen LogP contribution < -0.4 is 5.43 Å². The fourth-order valence-electron chi connectivity index (χ4n) is 2.39. The molecular weight excluding hydrogens is 353 g/mol. The summed E-state index contributed by atoms with van der Waals surface area (Å²) in [6, 6.07) is 15.5. The molecule has 0 fully saturated rings. The number of allylic oxidation sites excluding steroid dienone is 1. The van der Waals surface area contributed by atoms with E-state index in [1.807, 2.05) is 54.6 Å². The maximum Gasteiger partial charge on any atom is 0.0648 e. The molecule has 1 N–H and O–H groups in total. The van der Waals surface area contributed by atoms with Gasteiger partial charge in [0.1, 0.15) is 0 Å². The first kappa shape index (κ1) is 19.5. The Balaban J connectivity index is 2.20. The lowest BCUT2D eigenvalue weighted by Crippen LogP contribution is -2.25. The molecule has 3 nitrogen and oxygen atoms in total. The fraction of sp³-hybridized carbons (Fsp3) is 0.250. The zero-order valence-electron chi connectivity index (χ0n) is 14.7. The second-order valence-corrected chi connectivity index (χ2v) is 7.00. The van der Waals surface area contributed by atoms with Gasteiger partial charge in [0.25, 0.3) is 0 Å². The molecule has 0 aliphatic rings. The minimum absolute atomic E-state index is 0.269. The summed E-state index contributed by atoms with van der Waals surface area (Å²) < 4.78 is 0. The largest absolute Gasteiger partial charge is 0.309 e. The Hall–Kier alpha value is -1.81. The van der Waals surface area contributed by atoms with Crippen molar-refractivity contribution in [1.29, 1.82) is 0 Å². The van der Waals surface area contributed by atoms with Gasteiger partial charge in [-0.25, -0.2) is 0 Å². The number of para-hydroxylation sites is 1. The van der Waals surface area contributed by atoms with Gasteiger partial charge in [-0.1, -0.05) is 60.5 Å². The summed E-state index contributed by atoms with van der Waals surface area (Å²) in [5.41, 5.74) is 6.03. The average molecular weight is 376 g/mol. The molecule has 0 amide bonds. The SMILES string of the molecule is CC(CN(C)C)/C(C=Cc1ccc(Cl)c(Cl)c1)=N\Nc1ccccc1. The van der Waals surface area contributed by atoms with Gasteiger partial charge in [0.15, 0.2) is 0 Å². The molecule has 1 unspecified atom stereocenters. The molecule has 5 heteroatoms. The summed E-state index contributed by atoms with van der Waals surface area (Å²) in [5.74, 6) is 0.269. The molecule has 0 aromatic heterocycles. The highest BCUT2D eigenvalue weighted by atomic mass is 35.5. The van der Waals surface area contributed by atoms with E-state index in [0.717, 1.165) is 23.5 Å². The number of hydrogen-bond donors (Lipinski definition) is 1. The maximum atomic E-state index is 6.09. The minimum atomic E-state index is 0.269. The predicted octanol–water partition coefficient (Wildman–Crippen LogP) is 5.67. The molecule has 0 spiro atoms. The van der Waals surface area contributed by atoms with Crippen LogP contribution in [-0.4, -0.2) is 31.3 Å². The number of rotatable bonds is 7. The van der Waals surface area contributed by atoms with Crippen LogP contribution in [-0.2, 0) is 0 Å². The van der Waals surface area contributed by atoms with Crippen LogP contribution in [0.5, 0.6) is 0 Å². The van der Waals surface area contributed by atoms with E-state index in [-0.39, 0.29) is 5.92 Å². The van der Waals surface area contributed by atoms with Crippen molar-refractivity contribution in [3.63, 3.8) is 0 Å². The predicted molar refractivity (Wildman–Crippen MR) is 111 cm³/mol. The number of halogens is 2. The fourth-order valence-corrected chi connectivity index (χ4v) is 2.70. The Labute approximate surface area is 160 Å². The third kappa shape index (κ3) is 6.54. The molecule has 0 heterocycles. The number of hydrazone groups is 1. The molecule has 25 heavy (non-hydrogen) atoms. The quantitative estimate of drug-likeness (QED) is 0.498. The van der Waals surface area contributed by atoms with E-state index < -0.39 is 0 Å². The van der Waals surface area contributed by atoms with E-state index in [9.17, 15) is 0 Å². The lowest BCUT2D eigenvalue weighted by Gasteiger charge is -2.17. The summed E-state index contributed by atoms with van der Waals surface area (Å²) in [6.07, 6.45) is 4.02. The second kappa shape index (κ2) is 9.62. The second-order valence-electron chi connectivity index (χ2n) is 6.18. The standard InChI is InChI=1S/C20H23Cl2N3/c1-15(14-25(2)3)20(24-23-17-7-5-4-6-8-17)12-10-16-9-11-18(21)19(22)13-16/h4-13,15,23H,14H2,1-3H3/b12-10?,24-20-. The van der Waals surface area contributed by atoms with Crippen LogP contribution in [0.2, 0.25) is 10.0 Å². The Morgan fingerprint density at radius 1 is 1.12 bits per heavy atom. The van der Waals surface area contributed by atoms with Gasteiger partial charge in [0.05, 0.1) is 21.4 Å². The van der Waals surface area contributed by atoms with Crippen LogP contribution in [0.4, 0.5) is 5.69 Å². The van der Waals surface area contributed by atoms with Gasteiger partial charge < -0.3 is 4.90 Å². The Bertz CT molecular complexity index is 740. The summed E-state index contributed by atoms with van der Waals surface area (Å²) in [6.45, 7) is 3.06. The Morgan fingerprint density at radius 2 is 1.84 bits per heavy atom. The van der Waals surface area contributed by atoms with E-state index >= 15 is 0 Å². The van der Waals surface area contributed by atoms with Crippen molar-refractivity contribution in [1.82, 2.24) is 4.90 Å². The number of anilines is 1. The molecule has 0 aliphatic heterocycles. The summed E-state index contributed by atoms with van der Waals surface area (Å²) >= 11 is 12.1. The van der Waals surface area contributed by atoms with Crippen molar-refractivity contribution >= 4 is 40.7 Å². The van der Waals surface area contributed by atoms with Crippen LogP contribution in [0.15, 0.2) is 59.7 Å². The van der Waals surface area contributed by atoms with E-state index in [2.05, 4.69) is 36.4 Å². The van der Waals surface area contributed by atoms with Crippen LogP contribution in [0, 0.1) is 5.92 Å². The summed E-state index contributed by atoms with van der Waals surface area (Å²) in [4.78, 5) is 2.15. The van der Waals surface area contributed by atoms with Crippen molar-refractivity contribution in [2.75, 3.05) is 26.1 Å². The number of hydrogen-bond acceptors (Lipinski definition) is 3. The van der Waals surface area contributed by atoms with Crippen LogP contribution in [0.25, 0.3) is 6.08 Å². The van der Waals surface area contributed by atoms with Crippen LogP contribution >= 0.6 is 23.2 Å². The first-order valence-corrected chi connectivity index (χ1v) is 8.88. The van der Waals surface area contributed by atoms with Crippen molar-refractivity contribution in [2.45, 2.75) is 6.92 Å². The molecule has 0 saturated carbocycles. The van der Waals surface area contributed by atoms with Gasteiger partial charge in [0, 0.05) is 12.5 Å². The van der Waals surface area contributed by atoms with E-state index in [0.29, 0.717) is 10.0 Å². The average Bonchev–Trinajstić information content (AvgIpc) is 2.58. The van der Waals surface area contributed by atoms with Crippen LogP contribution in [0.3, 0.4) is 0 Å². The minimum Gasteiger partial charge on any atom is -0.309 e. The highest BCUT2D eigenvalue weighted by Crippen LogP contribution is 2.23. The van der Waals surface area contributed by atoms with Crippen molar-refractivity contribution in [3.05, 3.63) is 70.2 Å². The first-order valence-electron chi connectivity index (χ1n) is 8.12. The molecule has 2 rings (SSSR count). The Kier molecular flexibility index (Phi) is 7.51. The smallest absolute Gasteiger partial charge is 0.0648 e. The van der Waals surface area contributed by atoms with Crippen LogP contribution in [0.1, 0.15) is 12.5 Å². The zero-order valence-corrected chi connectivity index (χ0v) is 16.2. The third-order valence-corrected chi connectivity index (χ3v) is 4.36. The molecule has 0 saturated heterocycles. The summed E-state index contributed by atoms with van der Waals surface area (Å²) in [5, 5.41) is 5.70. The maximum absolute atomic E-state index is 6.09. The molecule has 0 aliphatic carbocycles. The van der Waals surface area contributed by atoms with Gasteiger partial charge >= 0.3 is 0 Å². The molecule has 0 bridgehead atoms. The van der Waals surface area contributed by atoms with Gasteiger partial charge in [0.2, 0.25) is 0 Å². The lowest BCUT2D eigenvalue weighted by molar-refractivity contribution is 0.381. The van der Waals surface area contributed by atoms with Crippen molar-refractivity contribution in [2.24, 2.45) is 11.0 Å². The summed E-state index contributed by atoms with van der Waals surface area (Å²) in [7, 11) is 4.11. The number of nitrogens with zero attached hydrogens (tertiary/aromatic N) is 2. The van der Waals surface area contributed by atoms with E-state index in [1.165, 1.54) is 0 Å². The third-order valence-electron chi connectivity index (χ3n) is 3.62. The van der Waals surface area contributed by atoms with Gasteiger partial charge in [-0.15, -0.1) is 0 Å². The van der Waals surface area contributed by atoms with E-state index in [4.69, 9.17) is 23.2 Å². The van der Waals surface area contributed by atoms with E-state index in [1.54, 1.807) is 6.07 Å². The lowest BCUT2D eigenvalue weighted by atomic mass is 10.0. The molecule has 0 radical (unpaired) electrons. The van der Waals surface area contributed by atoms with Crippen molar-refractivity contribution < 1.29 is 0 Å². The van der Waals surface area contributed by atoms with Gasteiger partial charge in [-0.3, -0.25) is 5.43 Å².